The van der Waals surface area contributed by atoms with Gasteiger partial charge in [-0.3, -0.25) is 0 Å². The molecule has 0 heterocycles. The van der Waals surface area contributed by atoms with Crippen LogP contribution >= 0.6 is 0 Å². The van der Waals surface area contributed by atoms with Crippen LogP contribution in [0.2, 0.25) is 0 Å². The van der Waals surface area contributed by atoms with E-state index in [0.717, 1.165) is 5.92 Å². The molecule has 1 saturated carbocycles. The molecule has 1 heteroatoms. The van der Waals surface area contributed by atoms with Crippen LogP contribution in [-0.2, 0) is 0 Å². The lowest BCUT2D eigenvalue weighted by molar-refractivity contribution is 0.332. The molecule has 1 aliphatic carbocycles. The van der Waals surface area contributed by atoms with Crippen molar-refractivity contribution in [3.8, 4) is 0 Å². The smallest absolute Gasteiger partial charge is 0.0249 e. The van der Waals surface area contributed by atoms with Gasteiger partial charge in [-0.25, -0.2) is 0 Å². The Hall–Kier alpha value is -0.300. The molecule has 0 spiro atoms. The van der Waals surface area contributed by atoms with Crippen molar-refractivity contribution in [2.45, 2.75) is 38.1 Å². The lowest BCUT2D eigenvalue weighted by atomic mass is 9.84. The molecule has 0 unspecified atom stereocenters. The number of hydrogen-bond acceptors (Lipinski definition) is 1. The summed E-state index contributed by atoms with van der Waals surface area (Å²) in [5.74, 6) is 0.728. The molecule has 0 radical (unpaired) electrons. The van der Waals surface area contributed by atoms with Gasteiger partial charge in [-0.05, 0) is 18.8 Å². The number of nitrogens with two attached hydrogens (primary N) is 1. The second kappa shape index (κ2) is 3.77. The first-order valence-corrected chi connectivity index (χ1v) is 4.22. The van der Waals surface area contributed by atoms with Crippen LogP contribution in [0.4, 0.5) is 0 Å². The molecule has 0 aliphatic heterocycles. The minimum atomic E-state index is 0.250. The average molecular weight is 139 g/mol. The quantitative estimate of drug-likeness (QED) is 0.582. The molecule has 1 rings (SSSR count). The summed E-state index contributed by atoms with van der Waals surface area (Å²) in [6.07, 6.45) is 8.65. The van der Waals surface area contributed by atoms with Crippen molar-refractivity contribution in [3.63, 3.8) is 0 Å². The van der Waals surface area contributed by atoms with Crippen molar-refractivity contribution in [2.75, 3.05) is 0 Å². The molecule has 0 aromatic carbocycles. The van der Waals surface area contributed by atoms with E-state index in [2.05, 4.69) is 6.58 Å². The van der Waals surface area contributed by atoms with Crippen molar-refractivity contribution in [2.24, 2.45) is 11.7 Å². The van der Waals surface area contributed by atoms with E-state index in [-0.39, 0.29) is 6.04 Å². The normalized spacial score (nSPS) is 24.1. The summed E-state index contributed by atoms with van der Waals surface area (Å²) in [6, 6.07) is 0.250. The molecule has 1 nitrogen and oxygen atoms in total. The molecular weight excluding hydrogens is 122 g/mol. The third-order valence-corrected chi connectivity index (χ3v) is 2.47. The van der Waals surface area contributed by atoms with Gasteiger partial charge in [0.25, 0.3) is 0 Å². The van der Waals surface area contributed by atoms with Crippen LogP contribution in [-0.4, -0.2) is 6.04 Å². The predicted molar refractivity (Wildman–Crippen MR) is 44.7 cm³/mol. The highest BCUT2D eigenvalue weighted by atomic mass is 14.6. The van der Waals surface area contributed by atoms with Crippen LogP contribution < -0.4 is 5.73 Å². The summed E-state index contributed by atoms with van der Waals surface area (Å²) in [6.45, 7) is 3.71. The van der Waals surface area contributed by atoms with Crippen LogP contribution in [0.25, 0.3) is 0 Å². The maximum absolute atomic E-state index is 5.83. The average Bonchev–Trinajstić information content (AvgIpc) is 2.05. The Balaban J connectivity index is 2.30. The SMILES string of the molecule is C=C[C@@H](N)C1CCCCC1. The van der Waals surface area contributed by atoms with Gasteiger partial charge in [0.05, 0.1) is 0 Å². The van der Waals surface area contributed by atoms with E-state index in [1.165, 1.54) is 32.1 Å². The fourth-order valence-corrected chi connectivity index (χ4v) is 1.71. The molecule has 1 fully saturated rings. The van der Waals surface area contributed by atoms with E-state index >= 15 is 0 Å². The second-order valence-corrected chi connectivity index (χ2v) is 3.21. The summed E-state index contributed by atoms with van der Waals surface area (Å²) in [5, 5.41) is 0. The molecule has 0 saturated heterocycles. The van der Waals surface area contributed by atoms with Crippen molar-refractivity contribution < 1.29 is 0 Å². The zero-order chi connectivity index (χ0) is 7.40. The van der Waals surface area contributed by atoms with E-state index in [4.69, 9.17) is 5.73 Å². The Morgan fingerprint density at radius 1 is 1.30 bits per heavy atom. The van der Waals surface area contributed by atoms with Gasteiger partial charge in [-0.15, -0.1) is 6.58 Å². The maximum atomic E-state index is 5.83. The molecule has 0 amide bonds. The summed E-state index contributed by atoms with van der Waals surface area (Å²) < 4.78 is 0. The second-order valence-electron chi connectivity index (χ2n) is 3.21. The molecule has 10 heavy (non-hydrogen) atoms. The van der Waals surface area contributed by atoms with Gasteiger partial charge in [0.1, 0.15) is 0 Å². The summed E-state index contributed by atoms with van der Waals surface area (Å²) in [5.41, 5.74) is 5.83. The van der Waals surface area contributed by atoms with Crippen molar-refractivity contribution in [3.05, 3.63) is 12.7 Å². The summed E-state index contributed by atoms with van der Waals surface area (Å²) in [4.78, 5) is 0. The zero-order valence-corrected chi connectivity index (χ0v) is 6.55. The lowest BCUT2D eigenvalue weighted by Gasteiger charge is -2.24. The minimum absolute atomic E-state index is 0.250. The Morgan fingerprint density at radius 2 is 1.90 bits per heavy atom. The largest absolute Gasteiger partial charge is 0.324 e. The third kappa shape index (κ3) is 1.84. The van der Waals surface area contributed by atoms with Gasteiger partial charge in [-0.2, -0.15) is 0 Å². The fraction of sp³-hybridized carbons (Fsp3) is 0.778. The molecule has 1 aliphatic rings. The van der Waals surface area contributed by atoms with Gasteiger partial charge >= 0.3 is 0 Å². The van der Waals surface area contributed by atoms with E-state index in [9.17, 15) is 0 Å². The van der Waals surface area contributed by atoms with Crippen LogP contribution in [0.1, 0.15) is 32.1 Å². The first-order chi connectivity index (χ1) is 4.84. The highest BCUT2D eigenvalue weighted by Gasteiger charge is 2.17. The minimum Gasteiger partial charge on any atom is -0.324 e. The fourth-order valence-electron chi connectivity index (χ4n) is 1.71. The Kier molecular flexibility index (Phi) is 2.94. The predicted octanol–water partition coefficient (Wildman–Crippen LogP) is 2.08. The highest BCUT2D eigenvalue weighted by molar-refractivity contribution is 4.89. The topological polar surface area (TPSA) is 26.0 Å². The van der Waals surface area contributed by atoms with Crippen molar-refractivity contribution in [1.82, 2.24) is 0 Å². The van der Waals surface area contributed by atoms with E-state index in [1.807, 2.05) is 6.08 Å². The molecule has 1 atom stereocenters. The zero-order valence-electron chi connectivity index (χ0n) is 6.55. The number of rotatable bonds is 2. The van der Waals surface area contributed by atoms with Crippen LogP contribution in [0.3, 0.4) is 0 Å². The van der Waals surface area contributed by atoms with E-state index in [1.54, 1.807) is 0 Å². The molecular formula is C9H17N. The Morgan fingerprint density at radius 3 is 2.40 bits per heavy atom. The molecule has 2 N–H and O–H groups in total. The van der Waals surface area contributed by atoms with Crippen LogP contribution in [0.5, 0.6) is 0 Å². The summed E-state index contributed by atoms with van der Waals surface area (Å²) >= 11 is 0. The highest BCUT2D eigenvalue weighted by Crippen LogP contribution is 2.25. The first-order valence-electron chi connectivity index (χ1n) is 4.22. The molecule has 58 valence electrons. The maximum Gasteiger partial charge on any atom is 0.0249 e. The van der Waals surface area contributed by atoms with Gasteiger partial charge < -0.3 is 5.73 Å². The number of hydrogen-bond donors (Lipinski definition) is 1. The molecule has 0 aromatic rings. The first kappa shape index (κ1) is 7.80. The third-order valence-electron chi connectivity index (χ3n) is 2.47. The van der Waals surface area contributed by atoms with Gasteiger partial charge in [0.15, 0.2) is 0 Å². The van der Waals surface area contributed by atoms with Gasteiger partial charge in [-0.1, -0.05) is 25.3 Å². The molecule has 0 aromatic heterocycles. The Labute approximate surface area is 63.3 Å². The molecule has 0 bridgehead atoms. The van der Waals surface area contributed by atoms with Crippen molar-refractivity contribution in [1.29, 1.82) is 0 Å². The van der Waals surface area contributed by atoms with Gasteiger partial charge in [0, 0.05) is 6.04 Å². The van der Waals surface area contributed by atoms with Gasteiger partial charge in [0.2, 0.25) is 0 Å². The Bertz CT molecular complexity index is 103. The van der Waals surface area contributed by atoms with Crippen molar-refractivity contribution >= 4 is 0 Å². The van der Waals surface area contributed by atoms with Crippen LogP contribution in [0.15, 0.2) is 12.7 Å². The van der Waals surface area contributed by atoms with E-state index < -0.39 is 0 Å². The van der Waals surface area contributed by atoms with E-state index in [0.29, 0.717) is 0 Å². The standard InChI is InChI=1S/C9H17N/c1-2-9(10)8-6-4-3-5-7-8/h2,8-9H,1,3-7,10H2/t9-/m1/s1. The van der Waals surface area contributed by atoms with Crippen LogP contribution in [0, 0.1) is 5.92 Å². The monoisotopic (exact) mass is 139 g/mol. The lowest BCUT2D eigenvalue weighted by Crippen LogP contribution is -2.29. The summed E-state index contributed by atoms with van der Waals surface area (Å²) in [7, 11) is 0.